The van der Waals surface area contributed by atoms with E-state index in [-0.39, 0.29) is 5.56 Å². The van der Waals surface area contributed by atoms with Gasteiger partial charge < -0.3 is 9.84 Å². The van der Waals surface area contributed by atoms with Crippen LogP contribution >= 0.6 is 0 Å². The van der Waals surface area contributed by atoms with Crippen molar-refractivity contribution in [3.8, 4) is 5.75 Å². The Hall–Kier alpha value is -2.32. The first kappa shape index (κ1) is 14.7. The molecule has 0 unspecified atom stereocenters. The van der Waals surface area contributed by atoms with Gasteiger partial charge in [0.05, 0.1) is 16.1 Å². The largest absolute Gasteiger partial charge is 0.484 e. The van der Waals surface area contributed by atoms with E-state index in [0.29, 0.717) is 0 Å². The quantitative estimate of drug-likeness (QED) is 0.675. The van der Waals surface area contributed by atoms with Gasteiger partial charge in [0, 0.05) is 6.07 Å². The van der Waals surface area contributed by atoms with Gasteiger partial charge in [0.1, 0.15) is 5.75 Å². The average Bonchev–Trinajstić information content (AvgIpc) is 2.25. The van der Waals surface area contributed by atoms with Crippen LogP contribution in [0, 0.1) is 17.0 Å². The molecule has 0 spiro atoms. The Kier molecular flexibility index (Phi) is 3.98. The van der Waals surface area contributed by atoms with Crippen LogP contribution in [-0.4, -0.2) is 28.8 Å². The fourth-order valence-corrected chi connectivity index (χ4v) is 1.30. The van der Waals surface area contributed by atoms with Gasteiger partial charge in [-0.2, -0.15) is 13.2 Å². The number of benzene rings is 1. The lowest BCUT2D eigenvalue weighted by Gasteiger charge is -2.12. The van der Waals surface area contributed by atoms with E-state index in [2.05, 4.69) is 4.74 Å². The van der Waals surface area contributed by atoms with Gasteiger partial charge >= 0.3 is 12.1 Å². The van der Waals surface area contributed by atoms with Gasteiger partial charge in [-0.05, 0) is 13.0 Å². The highest BCUT2D eigenvalue weighted by atomic mass is 19.4. The molecule has 6 nitrogen and oxygen atoms in total. The summed E-state index contributed by atoms with van der Waals surface area (Å²) >= 11 is 0. The first-order valence-electron chi connectivity index (χ1n) is 4.83. The van der Waals surface area contributed by atoms with Crippen molar-refractivity contribution in [2.75, 3.05) is 6.61 Å². The van der Waals surface area contributed by atoms with E-state index in [0.717, 1.165) is 12.1 Å². The zero-order valence-electron chi connectivity index (χ0n) is 9.52. The Balaban J connectivity index is 3.22. The van der Waals surface area contributed by atoms with Crippen LogP contribution in [0.25, 0.3) is 0 Å². The fourth-order valence-electron chi connectivity index (χ4n) is 1.30. The molecule has 0 amide bonds. The maximum absolute atomic E-state index is 12.0. The van der Waals surface area contributed by atoms with E-state index in [9.17, 15) is 28.1 Å². The summed E-state index contributed by atoms with van der Waals surface area (Å²) in [5, 5.41) is 19.4. The number of nitro benzene ring substituents is 1. The van der Waals surface area contributed by atoms with Crippen LogP contribution in [0.2, 0.25) is 0 Å². The third kappa shape index (κ3) is 3.83. The molecule has 0 heterocycles. The molecule has 0 fully saturated rings. The summed E-state index contributed by atoms with van der Waals surface area (Å²) < 4.78 is 40.4. The predicted octanol–water partition coefficient (Wildman–Crippen LogP) is 2.54. The molecule has 0 aliphatic rings. The minimum atomic E-state index is -4.62. The van der Waals surface area contributed by atoms with Crippen molar-refractivity contribution < 1.29 is 32.7 Å². The number of aromatic carboxylic acids is 1. The molecule has 104 valence electrons. The maximum atomic E-state index is 12.0. The summed E-state index contributed by atoms with van der Waals surface area (Å²) in [5.74, 6) is -1.98. The molecule has 0 saturated heterocycles. The standard InChI is InChI=1S/C10H8F3NO5/c1-5-7(14(17)18)2-6(9(15)16)3-8(5)19-4-10(11,12)13/h2-3H,4H2,1H3,(H,15,16). The van der Waals surface area contributed by atoms with Gasteiger partial charge in [-0.25, -0.2) is 4.79 Å². The number of nitro groups is 1. The molecule has 0 atom stereocenters. The van der Waals surface area contributed by atoms with Gasteiger partial charge in [0.25, 0.3) is 5.69 Å². The fraction of sp³-hybridized carbons (Fsp3) is 0.300. The number of halogens is 3. The van der Waals surface area contributed by atoms with Crippen LogP contribution in [0.15, 0.2) is 12.1 Å². The molecule has 9 heteroatoms. The average molecular weight is 279 g/mol. The van der Waals surface area contributed by atoms with Crippen molar-refractivity contribution in [2.45, 2.75) is 13.1 Å². The zero-order chi connectivity index (χ0) is 14.8. The Bertz CT molecular complexity index is 527. The van der Waals surface area contributed by atoms with E-state index in [1.165, 1.54) is 6.92 Å². The molecule has 0 saturated carbocycles. The molecule has 0 aliphatic heterocycles. The van der Waals surface area contributed by atoms with Crippen LogP contribution < -0.4 is 4.74 Å². The van der Waals surface area contributed by atoms with Gasteiger partial charge in [-0.15, -0.1) is 0 Å². The van der Waals surface area contributed by atoms with E-state index in [4.69, 9.17) is 5.11 Å². The van der Waals surface area contributed by atoms with Crippen LogP contribution in [0.5, 0.6) is 5.75 Å². The van der Waals surface area contributed by atoms with Crippen LogP contribution in [-0.2, 0) is 0 Å². The van der Waals surface area contributed by atoms with Crippen molar-refractivity contribution >= 4 is 11.7 Å². The molecule has 0 radical (unpaired) electrons. The highest BCUT2D eigenvalue weighted by Crippen LogP contribution is 2.30. The first-order chi connectivity index (χ1) is 8.61. The third-order valence-electron chi connectivity index (χ3n) is 2.17. The summed E-state index contributed by atoms with van der Waals surface area (Å²) in [6.07, 6.45) is -4.62. The molecule has 0 aromatic heterocycles. The molecule has 1 N–H and O–H groups in total. The summed E-state index contributed by atoms with van der Waals surface area (Å²) in [6, 6.07) is 1.58. The topological polar surface area (TPSA) is 89.7 Å². The minimum Gasteiger partial charge on any atom is -0.484 e. The van der Waals surface area contributed by atoms with Gasteiger partial charge in [-0.1, -0.05) is 0 Å². The highest BCUT2D eigenvalue weighted by Gasteiger charge is 2.30. The first-order valence-corrected chi connectivity index (χ1v) is 4.83. The van der Waals surface area contributed by atoms with Crippen LogP contribution in [0.1, 0.15) is 15.9 Å². The SMILES string of the molecule is Cc1c(OCC(F)(F)F)cc(C(=O)O)cc1[N+](=O)[O-]. The van der Waals surface area contributed by atoms with Crippen molar-refractivity contribution in [1.82, 2.24) is 0 Å². The zero-order valence-corrected chi connectivity index (χ0v) is 9.52. The predicted molar refractivity (Wildman–Crippen MR) is 56.3 cm³/mol. The Morgan fingerprint density at radius 3 is 2.47 bits per heavy atom. The van der Waals surface area contributed by atoms with Crippen molar-refractivity contribution in [1.29, 1.82) is 0 Å². The second kappa shape index (κ2) is 5.12. The van der Waals surface area contributed by atoms with E-state index < -0.39 is 40.7 Å². The van der Waals surface area contributed by atoms with Gasteiger partial charge in [0.2, 0.25) is 0 Å². The molecular formula is C10H8F3NO5. The lowest BCUT2D eigenvalue weighted by molar-refractivity contribution is -0.385. The lowest BCUT2D eigenvalue weighted by atomic mass is 10.1. The third-order valence-corrected chi connectivity index (χ3v) is 2.17. The molecule has 19 heavy (non-hydrogen) atoms. The highest BCUT2D eigenvalue weighted by molar-refractivity contribution is 5.89. The summed E-state index contributed by atoms with van der Waals surface area (Å²) in [5.41, 5.74) is -1.30. The summed E-state index contributed by atoms with van der Waals surface area (Å²) in [4.78, 5) is 20.5. The van der Waals surface area contributed by atoms with Crippen LogP contribution in [0.4, 0.5) is 18.9 Å². The Labute approximate surface area is 104 Å². The number of carbonyl (C=O) groups is 1. The molecule has 1 rings (SSSR count). The number of ether oxygens (including phenoxy) is 1. The second-order valence-electron chi connectivity index (χ2n) is 3.58. The summed E-state index contributed by atoms with van der Waals surface area (Å²) in [7, 11) is 0. The van der Waals surface area contributed by atoms with Gasteiger partial charge in [0.15, 0.2) is 6.61 Å². The maximum Gasteiger partial charge on any atom is 0.422 e. The number of carboxylic acid groups (broad SMARTS) is 1. The monoisotopic (exact) mass is 279 g/mol. The lowest BCUT2D eigenvalue weighted by Crippen LogP contribution is -2.20. The molecule has 0 aliphatic carbocycles. The Morgan fingerprint density at radius 1 is 1.47 bits per heavy atom. The van der Waals surface area contributed by atoms with E-state index in [1.54, 1.807) is 0 Å². The van der Waals surface area contributed by atoms with Crippen molar-refractivity contribution in [3.05, 3.63) is 33.4 Å². The minimum absolute atomic E-state index is 0.167. The van der Waals surface area contributed by atoms with Gasteiger partial charge in [-0.3, -0.25) is 10.1 Å². The van der Waals surface area contributed by atoms with E-state index >= 15 is 0 Å². The number of carboxylic acids is 1. The second-order valence-corrected chi connectivity index (χ2v) is 3.58. The molecule has 1 aromatic rings. The van der Waals surface area contributed by atoms with Crippen LogP contribution in [0.3, 0.4) is 0 Å². The Morgan fingerprint density at radius 2 is 2.05 bits per heavy atom. The summed E-state index contributed by atoms with van der Waals surface area (Å²) in [6.45, 7) is -0.483. The number of alkyl halides is 3. The number of rotatable bonds is 4. The normalized spacial score (nSPS) is 11.2. The number of hydrogen-bond donors (Lipinski definition) is 1. The van der Waals surface area contributed by atoms with E-state index in [1.807, 2.05) is 0 Å². The molecule has 0 bridgehead atoms. The number of nitrogens with zero attached hydrogens (tertiary/aromatic N) is 1. The smallest absolute Gasteiger partial charge is 0.422 e. The number of hydrogen-bond acceptors (Lipinski definition) is 4. The molecular weight excluding hydrogens is 271 g/mol. The van der Waals surface area contributed by atoms with Crippen molar-refractivity contribution in [3.63, 3.8) is 0 Å². The molecule has 1 aromatic carbocycles. The van der Waals surface area contributed by atoms with Crippen molar-refractivity contribution in [2.24, 2.45) is 0 Å².